The van der Waals surface area contributed by atoms with Crippen molar-refractivity contribution in [3.05, 3.63) is 59.7 Å². The van der Waals surface area contributed by atoms with Gasteiger partial charge in [-0.1, -0.05) is 30.3 Å². The van der Waals surface area contributed by atoms with Crippen molar-refractivity contribution in [2.24, 2.45) is 5.10 Å². The first kappa shape index (κ1) is 23.3. The molecule has 1 amide bonds. The molecular formula is C22H25N3O6S. The quantitative estimate of drug-likeness (QED) is 0.594. The number of carbonyl (C=O) groups is 2. The van der Waals surface area contributed by atoms with Crippen molar-refractivity contribution < 1.29 is 27.9 Å². The lowest BCUT2D eigenvalue weighted by molar-refractivity contribution is -0.141. The summed E-state index contributed by atoms with van der Waals surface area (Å²) < 4.78 is 31.6. The third kappa shape index (κ3) is 5.85. The highest BCUT2D eigenvalue weighted by molar-refractivity contribution is 7.92. The number of para-hydroxylation sites is 1. The molecule has 2 aromatic carbocycles. The van der Waals surface area contributed by atoms with Gasteiger partial charge >= 0.3 is 5.97 Å². The normalized spacial score (nSPS) is 15.9. The van der Waals surface area contributed by atoms with Crippen LogP contribution < -0.4 is 9.46 Å². The van der Waals surface area contributed by atoms with Crippen LogP contribution in [-0.4, -0.2) is 49.0 Å². The number of hydrogen-bond acceptors (Lipinski definition) is 6. The van der Waals surface area contributed by atoms with Crippen molar-refractivity contribution in [2.45, 2.75) is 32.2 Å². The molecule has 2 aromatic rings. The molecule has 0 spiro atoms. The number of nitrogens with zero attached hydrogens (tertiary/aromatic N) is 2. The molecule has 32 heavy (non-hydrogen) atoms. The minimum absolute atomic E-state index is 0.197. The van der Waals surface area contributed by atoms with Crippen LogP contribution >= 0.6 is 0 Å². The SMILES string of the molecule is CCOc1cccc([C@@H]2CC(c3ccccc3NS(C)(=O)=O)=NN2C(=O)CCC(=O)O)c1. The Morgan fingerprint density at radius 3 is 2.62 bits per heavy atom. The van der Waals surface area contributed by atoms with Gasteiger partial charge in [-0.3, -0.25) is 14.3 Å². The van der Waals surface area contributed by atoms with Gasteiger partial charge < -0.3 is 9.84 Å². The summed E-state index contributed by atoms with van der Waals surface area (Å²) in [6, 6.07) is 13.6. The number of hydrazone groups is 1. The molecule has 1 heterocycles. The molecule has 1 aliphatic rings. The lowest BCUT2D eigenvalue weighted by Crippen LogP contribution is -2.27. The van der Waals surface area contributed by atoms with Gasteiger partial charge in [-0.25, -0.2) is 13.4 Å². The minimum atomic E-state index is -3.52. The maximum absolute atomic E-state index is 12.8. The predicted molar refractivity (Wildman–Crippen MR) is 120 cm³/mol. The molecule has 170 valence electrons. The largest absolute Gasteiger partial charge is 0.494 e. The van der Waals surface area contributed by atoms with Crippen molar-refractivity contribution in [3.8, 4) is 5.75 Å². The molecule has 0 saturated heterocycles. The van der Waals surface area contributed by atoms with E-state index in [1.807, 2.05) is 31.2 Å². The Morgan fingerprint density at radius 2 is 1.94 bits per heavy atom. The number of anilines is 1. The molecule has 1 aliphatic heterocycles. The highest BCUT2D eigenvalue weighted by Crippen LogP contribution is 2.36. The van der Waals surface area contributed by atoms with E-state index in [0.29, 0.717) is 35.7 Å². The van der Waals surface area contributed by atoms with Crippen LogP contribution in [0.4, 0.5) is 5.69 Å². The highest BCUT2D eigenvalue weighted by Gasteiger charge is 2.34. The van der Waals surface area contributed by atoms with E-state index < -0.39 is 27.9 Å². The van der Waals surface area contributed by atoms with E-state index in [9.17, 15) is 18.0 Å². The summed E-state index contributed by atoms with van der Waals surface area (Å²) in [7, 11) is -3.52. The molecule has 3 rings (SSSR count). The third-order valence-electron chi connectivity index (χ3n) is 4.81. The molecule has 0 radical (unpaired) electrons. The van der Waals surface area contributed by atoms with E-state index in [4.69, 9.17) is 9.84 Å². The molecule has 1 atom stereocenters. The topological polar surface area (TPSA) is 125 Å². The van der Waals surface area contributed by atoms with Crippen LogP contribution in [0.1, 0.15) is 43.4 Å². The van der Waals surface area contributed by atoms with Crippen LogP contribution in [0.3, 0.4) is 0 Å². The second-order valence-electron chi connectivity index (χ2n) is 7.32. The maximum Gasteiger partial charge on any atom is 0.303 e. The second kappa shape index (κ2) is 9.82. The van der Waals surface area contributed by atoms with Gasteiger partial charge in [-0.2, -0.15) is 5.10 Å². The fourth-order valence-corrected chi connectivity index (χ4v) is 4.07. The van der Waals surface area contributed by atoms with Crippen molar-refractivity contribution >= 4 is 33.3 Å². The van der Waals surface area contributed by atoms with Gasteiger partial charge in [0.2, 0.25) is 15.9 Å². The molecule has 0 unspecified atom stereocenters. The molecule has 2 N–H and O–H groups in total. The average Bonchev–Trinajstić information content (AvgIpc) is 3.17. The van der Waals surface area contributed by atoms with E-state index in [2.05, 4.69) is 9.82 Å². The van der Waals surface area contributed by atoms with Gasteiger partial charge in [0.1, 0.15) is 5.75 Å². The first-order valence-corrected chi connectivity index (χ1v) is 12.0. The van der Waals surface area contributed by atoms with E-state index in [1.54, 1.807) is 24.3 Å². The number of nitrogens with one attached hydrogen (secondary N) is 1. The van der Waals surface area contributed by atoms with E-state index >= 15 is 0 Å². The lowest BCUT2D eigenvalue weighted by Gasteiger charge is -2.22. The zero-order valence-corrected chi connectivity index (χ0v) is 18.6. The number of aliphatic carboxylic acids is 1. The van der Waals surface area contributed by atoms with E-state index in [1.165, 1.54) is 5.01 Å². The van der Waals surface area contributed by atoms with Crippen LogP contribution in [0.25, 0.3) is 0 Å². The van der Waals surface area contributed by atoms with E-state index in [-0.39, 0.29) is 12.8 Å². The highest BCUT2D eigenvalue weighted by atomic mass is 32.2. The first-order chi connectivity index (χ1) is 15.2. The van der Waals surface area contributed by atoms with Crippen LogP contribution in [0, 0.1) is 0 Å². The van der Waals surface area contributed by atoms with Gasteiger partial charge in [0.05, 0.1) is 36.7 Å². The van der Waals surface area contributed by atoms with Crippen molar-refractivity contribution in [2.75, 3.05) is 17.6 Å². The Kier molecular flexibility index (Phi) is 7.14. The molecule has 0 fully saturated rings. The van der Waals surface area contributed by atoms with Crippen LogP contribution in [0.2, 0.25) is 0 Å². The Morgan fingerprint density at radius 1 is 1.19 bits per heavy atom. The number of ether oxygens (including phenoxy) is 1. The Bertz CT molecular complexity index is 1150. The summed E-state index contributed by atoms with van der Waals surface area (Å²) in [6.07, 6.45) is 0.885. The predicted octanol–water partition coefficient (Wildman–Crippen LogP) is 3.00. The van der Waals surface area contributed by atoms with Crippen LogP contribution in [-0.2, 0) is 19.6 Å². The number of carbonyl (C=O) groups excluding carboxylic acids is 1. The van der Waals surface area contributed by atoms with Gasteiger partial charge in [0.25, 0.3) is 0 Å². The molecule has 0 aliphatic carbocycles. The number of benzene rings is 2. The number of hydrogen-bond donors (Lipinski definition) is 2. The van der Waals surface area contributed by atoms with Gasteiger partial charge in [-0.05, 0) is 30.7 Å². The van der Waals surface area contributed by atoms with Gasteiger partial charge in [0, 0.05) is 18.4 Å². The Hall–Kier alpha value is -3.40. The summed E-state index contributed by atoms with van der Waals surface area (Å²) in [6.45, 7) is 2.36. The number of carboxylic acids is 1. The molecular weight excluding hydrogens is 434 g/mol. The summed E-state index contributed by atoms with van der Waals surface area (Å²) in [5.74, 6) is -0.849. The lowest BCUT2D eigenvalue weighted by atomic mass is 9.97. The fourth-order valence-electron chi connectivity index (χ4n) is 3.49. The first-order valence-electron chi connectivity index (χ1n) is 10.1. The average molecular weight is 460 g/mol. The van der Waals surface area contributed by atoms with Crippen molar-refractivity contribution in [1.29, 1.82) is 0 Å². The summed E-state index contributed by atoms with van der Waals surface area (Å²) in [5, 5.41) is 14.8. The monoisotopic (exact) mass is 459 g/mol. The van der Waals surface area contributed by atoms with Crippen molar-refractivity contribution in [3.63, 3.8) is 0 Å². The standard InChI is InChI=1S/C22H25N3O6S/c1-3-31-16-8-6-7-15(13-16)20-14-19(23-25(20)21(26)11-12-22(27)28)17-9-4-5-10-18(17)24-32(2,29)30/h4-10,13,20,24H,3,11-12,14H2,1-2H3,(H,27,28)/t20-/m0/s1. The maximum atomic E-state index is 12.8. The molecule has 0 bridgehead atoms. The zero-order valence-electron chi connectivity index (χ0n) is 17.8. The van der Waals surface area contributed by atoms with Crippen molar-refractivity contribution in [1.82, 2.24) is 5.01 Å². The Balaban J connectivity index is 1.99. The number of rotatable bonds is 9. The fraction of sp³-hybridized carbons (Fsp3) is 0.318. The van der Waals surface area contributed by atoms with Crippen LogP contribution in [0.15, 0.2) is 53.6 Å². The Labute approximate surface area is 186 Å². The molecule has 10 heteroatoms. The van der Waals surface area contributed by atoms with E-state index in [0.717, 1.165) is 11.8 Å². The number of carboxylic acid groups (broad SMARTS) is 1. The third-order valence-corrected chi connectivity index (χ3v) is 5.40. The number of amides is 1. The van der Waals surface area contributed by atoms with Gasteiger partial charge in [-0.15, -0.1) is 0 Å². The minimum Gasteiger partial charge on any atom is -0.494 e. The molecule has 0 saturated carbocycles. The smallest absolute Gasteiger partial charge is 0.303 e. The summed E-state index contributed by atoms with van der Waals surface area (Å²) in [5.41, 5.74) is 2.21. The van der Waals surface area contributed by atoms with Gasteiger partial charge in [0.15, 0.2) is 0 Å². The second-order valence-corrected chi connectivity index (χ2v) is 9.07. The summed E-state index contributed by atoms with van der Waals surface area (Å²) >= 11 is 0. The molecule has 0 aromatic heterocycles. The zero-order chi connectivity index (χ0) is 23.3. The van der Waals surface area contributed by atoms with Crippen LogP contribution in [0.5, 0.6) is 5.75 Å². The summed E-state index contributed by atoms with van der Waals surface area (Å²) in [4.78, 5) is 23.8. The molecule has 9 nitrogen and oxygen atoms in total. The number of sulfonamides is 1.